The van der Waals surface area contributed by atoms with Gasteiger partial charge in [-0.15, -0.1) is 0 Å². The molecule has 1 aliphatic heterocycles. The summed E-state index contributed by atoms with van der Waals surface area (Å²) in [7, 11) is 0. The van der Waals surface area contributed by atoms with Crippen LogP contribution in [-0.2, 0) is 26.5 Å². The summed E-state index contributed by atoms with van der Waals surface area (Å²) >= 11 is 0. The fraction of sp³-hybridized carbons (Fsp3) is 0.500. The minimum Gasteiger partial charge on any atom is -0.472 e. The molecule has 1 aliphatic rings. The molecule has 0 aliphatic carbocycles. The van der Waals surface area contributed by atoms with E-state index < -0.39 is 0 Å². The van der Waals surface area contributed by atoms with E-state index in [4.69, 9.17) is 0 Å². The first-order valence-corrected chi connectivity index (χ1v) is 4.73. The number of nitrogens with zero attached hydrogens (tertiary/aromatic N) is 4. The Morgan fingerprint density at radius 2 is 2.20 bits per heavy atom. The second-order valence-corrected chi connectivity index (χ2v) is 3.76. The zero-order valence-corrected chi connectivity index (χ0v) is 11.4. The number of aryl methyl sites for hydroxylation is 1. The SMILES string of the molecule is CCc1ccn(C2=NC(C)(C)N=[C-]2)n1.[Ir]. The first-order valence-electron chi connectivity index (χ1n) is 4.73. The van der Waals surface area contributed by atoms with Gasteiger partial charge in [-0.25, -0.2) is 0 Å². The van der Waals surface area contributed by atoms with Gasteiger partial charge >= 0.3 is 0 Å². The first kappa shape index (κ1) is 12.3. The third-order valence-electron chi connectivity index (χ3n) is 2.03. The van der Waals surface area contributed by atoms with Crippen LogP contribution in [0.1, 0.15) is 26.5 Å². The molecule has 5 heteroatoms. The van der Waals surface area contributed by atoms with Crippen molar-refractivity contribution in [2.24, 2.45) is 9.98 Å². The number of rotatable bonds is 1. The summed E-state index contributed by atoms with van der Waals surface area (Å²) in [5, 5.41) is 4.34. The number of aromatic nitrogens is 2. The van der Waals surface area contributed by atoms with Crippen molar-refractivity contribution in [3.63, 3.8) is 0 Å². The Kier molecular flexibility index (Phi) is 3.58. The Labute approximate surface area is 103 Å². The summed E-state index contributed by atoms with van der Waals surface area (Å²) in [5.74, 6) is 0.690. The van der Waals surface area contributed by atoms with Crippen LogP contribution in [0.3, 0.4) is 0 Å². The van der Waals surface area contributed by atoms with Crippen molar-refractivity contribution in [3.8, 4) is 0 Å². The van der Waals surface area contributed by atoms with Crippen molar-refractivity contribution in [1.29, 1.82) is 0 Å². The molecule has 1 aromatic heterocycles. The Balaban J connectivity index is 0.00000112. The molecule has 0 saturated heterocycles. The Morgan fingerprint density at radius 3 is 2.67 bits per heavy atom. The van der Waals surface area contributed by atoms with E-state index in [9.17, 15) is 0 Å². The molecule has 0 saturated carbocycles. The number of hydrogen-bond acceptors (Lipinski definition) is 3. The van der Waals surface area contributed by atoms with Crippen LogP contribution in [0.25, 0.3) is 0 Å². The van der Waals surface area contributed by atoms with E-state index in [0.717, 1.165) is 12.1 Å². The molecule has 0 N–H and O–H groups in total. The predicted molar refractivity (Wildman–Crippen MR) is 56.0 cm³/mol. The van der Waals surface area contributed by atoms with Gasteiger partial charge in [-0.05, 0) is 32.2 Å². The van der Waals surface area contributed by atoms with Crippen molar-refractivity contribution in [1.82, 2.24) is 9.78 Å². The molecule has 2 heterocycles. The minimum absolute atomic E-state index is 0. The molecule has 2 rings (SSSR count). The Hall–Kier alpha value is -0.801. The van der Waals surface area contributed by atoms with Gasteiger partial charge in [-0.1, -0.05) is 6.92 Å². The molecule has 0 unspecified atom stereocenters. The van der Waals surface area contributed by atoms with E-state index in [0.29, 0.717) is 5.84 Å². The van der Waals surface area contributed by atoms with Crippen LogP contribution in [-0.4, -0.2) is 27.5 Å². The van der Waals surface area contributed by atoms with E-state index in [2.05, 4.69) is 28.2 Å². The van der Waals surface area contributed by atoms with Crippen molar-refractivity contribution in [2.75, 3.05) is 0 Å². The van der Waals surface area contributed by atoms with Crippen molar-refractivity contribution < 1.29 is 20.1 Å². The molecule has 4 nitrogen and oxygen atoms in total. The third-order valence-corrected chi connectivity index (χ3v) is 2.03. The topological polar surface area (TPSA) is 42.5 Å². The van der Waals surface area contributed by atoms with Crippen LogP contribution in [0.2, 0.25) is 0 Å². The Morgan fingerprint density at radius 1 is 1.47 bits per heavy atom. The summed E-state index contributed by atoms with van der Waals surface area (Å²) in [4.78, 5) is 8.52. The van der Waals surface area contributed by atoms with Gasteiger partial charge in [-0.3, -0.25) is 9.67 Å². The quantitative estimate of drug-likeness (QED) is 0.678. The normalized spacial score (nSPS) is 17.4. The largest absolute Gasteiger partial charge is 0.472 e. The van der Waals surface area contributed by atoms with E-state index in [1.165, 1.54) is 0 Å². The van der Waals surface area contributed by atoms with Crippen LogP contribution in [0.5, 0.6) is 0 Å². The summed E-state index contributed by atoms with van der Waals surface area (Å²) in [6.07, 6.45) is 5.70. The maximum absolute atomic E-state index is 4.38. The average molecular weight is 381 g/mol. The number of hydrogen-bond donors (Lipinski definition) is 0. The maximum Gasteiger partial charge on any atom is 0.110 e. The van der Waals surface area contributed by atoms with Gasteiger partial charge in [0.05, 0.1) is 5.69 Å². The molecule has 0 fully saturated rings. The summed E-state index contributed by atoms with van der Waals surface area (Å²) in [6.45, 7) is 5.96. The second-order valence-electron chi connectivity index (χ2n) is 3.76. The van der Waals surface area contributed by atoms with Crippen LogP contribution < -0.4 is 0 Å². The zero-order valence-electron chi connectivity index (χ0n) is 8.98. The maximum atomic E-state index is 4.38. The summed E-state index contributed by atoms with van der Waals surface area (Å²) < 4.78 is 1.72. The van der Waals surface area contributed by atoms with Gasteiger partial charge in [0.25, 0.3) is 0 Å². The van der Waals surface area contributed by atoms with E-state index in [1.54, 1.807) is 4.68 Å². The van der Waals surface area contributed by atoms with Crippen LogP contribution >= 0.6 is 0 Å². The molecular weight excluding hydrogens is 368 g/mol. The van der Waals surface area contributed by atoms with Crippen LogP contribution in [0, 0.1) is 0 Å². The van der Waals surface area contributed by atoms with Gasteiger partial charge in [0.2, 0.25) is 0 Å². The smallest absolute Gasteiger partial charge is 0.110 e. The third kappa shape index (κ3) is 2.61. The van der Waals surface area contributed by atoms with Crippen molar-refractivity contribution in [2.45, 2.75) is 32.9 Å². The molecule has 0 atom stereocenters. The van der Waals surface area contributed by atoms with E-state index in [1.807, 2.05) is 26.1 Å². The molecule has 0 aromatic carbocycles. The monoisotopic (exact) mass is 382 g/mol. The van der Waals surface area contributed by atoms with Crippen molar-refractivity contribution >= 4 is 12.1 Å². The summed E-state index contributed by atoms with van der Waals surface area (Å²) in [5.41, 5.74) is 0.674. The fourth-order valence-electron chi connectivity index (χ4n) is 1.27. The van der Waals surface area contributed by atoms with Gasteiger partial charge < -0.3 is 11.2 Å². The van der Waals surface area contributed by atoms with E-state index in [-0.39, 0.29) is 25.8 Å². The predicted octanol–water partition coefficient (Wildman–Crippen LogP) is 1.39. The standard InChI is InChI=1S/C10H13N4.Ir/c1-4-8-5-6-14(13-8)9-7-11-10(2,3)12-9;/h5-6H,4H2,1-3H3;/q-1;. The molecule has 0 amide bonds. The van der Waals surface area contributed by atoms with Gasteiger partial charge in [0.1, 0.15) is 5.66 Å². The van der Waals surface area contributed by atoms with Crippen LogP contribution in [0.15, 0.2) is 22.2 Å². The van der Waals surface area contributed by atoms with Gasteiger partial charge in [0, 0.05) is 26.3 Å². The van der Waals surface area contributed by atoms with Crippen molar-refractivity contribution in [3.05, 3.63) is 18.0 Å². The van der Waals surface area contributed by atoms with Gasteiger partial charge in [0.15, 0.2) is 0 Å². The molecule has 15 heavy (non-hydrogen) atoms. The molecule has 1 aromatic rings. The second kappa shape index (κ2) is 4.37. The molecule has 0 bridgehead atoms. The Bertz CT molecular complexity index is 403. The molecular formula is C10H13IrN4-. The molecule has 1 radical (unpaired) electrons. The van der Waals surface area contributed by atoms with Crippen LogP contribution in [0.4, 0.5) is 0 Å². The fourth-order valence-corrected chi connectivity index (χ4v) is 1.27. The molecule has 0 spiro atoms. The van der Waals surface area contributed by atoms with E-state index >= 15 is 0 Å². The zero-order chi connectivity index (χ0) is 10.2. The van der Waals surface area contributed by atoms with Gasteiger partial charge in [-0.2, -0.15) is 5.10 Å². The minimum atomic E-state index is -0.381. The summed E-state index contributed by atoms with van der Waals surface area (Å²) in [6, 6.07) is 1.98. The molecule has 83 valence electrons. The number of aliphatic imine (C=N–C) groups is 2. The first-order chi connectivity index (χ1) is 6.61. The average Bonchev–Trinajstić information content (AvgIpc) is 2.70.